The molecule has 0 saturated carbocycles. The van der Waals surface area contributed by atoms with Crippen molar-refractivity contribution in [2.75, 3.05) is 0 Å². The first-order chi connectivity index (χ1) is 12.4. The van der Waals surface area contributed by atoms with Crippen molar-refractivity contribution < 1.29 is 25.9 Å². The summed E-state index contributed by atoms with van der Waals surface area (Å²) in [5.41, 5.74) is 0.541. The van der Waals surface area contributed by atoms with Gasteiger partial charge >= 0.3 is 0 Å². The fourth-order valence-electron chi connectivity index (χ4n) is 2.85. The van der Waals surface area contributed by atoms with Gasteiger partial charge in [0, 0.05) is 11.1 Å². The lowest BCUT2D eigenvalue weighted by Gasteiger charge is -2.23. The van der Waals surface area contributed by atoms with Gasteiger partial charge in [-0.15, -0.1) is 0 Å². The Kier molecular flexibility index (Phi) is 5.59. The van der Waals surface area contributed by atoms with Crippen molar-refractivity contribution in [3.63, 3.8) is 0 Å². The molecule has 154 valence electrons. The van der Waals surface area contributed by atoms with E-state index in [1.165, 1.54) is 24.3 Å². The van der Waals surface area contributed by atoms with Gasteiger partial charge in [0.1, 0.15) is 9.79 Å². The molecule has 0 spiro atoms. The third-order valence-electron chi connectivity index (χ3n) is 4.54. The van der Waals surface area contributed by atoms with Crippen molar-refractivity contribution in [2.24, 2.45) is 0 Å². The average molecular weight is 427 g/mol. The van der Waals surface area contributed by atoms with Gasteiger partial charge < -0.3 is 0 Å². The van der Waals surface area contributed by atoms with Gasteiger partial charge in [-0.3, -0.25) is 9.11 Å². The topological polar surface area (TPSA) is 109 Å². The van der Waals surface area contributed by atoms with Gasteiger partial charge in [-0.05, 0) is 34.1 Å². The van der Waals surface area contributed by atoms with Crippen molar-refractivity contribution in [3.05, 3.63) is 47.5 Å². The Morgan fingerprint density at radius 3 is 1.11 bits per heavy atom. The number of hydrogen-bond acceptors (Lipinski definition) is 4. The predicted molar refractivity (Wildman–Crippen MR) is 109 cm³/mol. The summed E-state index contributed by atoms with van der Waals surface area (Å²) >= 11 is 0. The predicted octanol–water partition coefficient (Wildman–Crippen LogP) is 4.44. The molecule has 0 atom stereocenters. The summed E-state index contributed by atoms with van der Waals surface area (Å²) in [5.74, 6) is 0. The molecule has 0 aliphatic rings. The Hall–Kier alpha value is -1.74. The molecular weight excluding hydrogens is 400 g/mol. The Bertz CT molecular complexity index is 1020. The highest BCUT2D eigenvalue weighted by Gasteiger charge is 2.27. The summed E-state index contributed by atoms with van der Waals surface area (Å²) in [7, 11) is -9.28. The van der Waals surface area contributed by atoms with Gasteiger partial charge in [0.15, 0.2) is 0 Å². The summed E-state index contributed by atoms with van der Waals surface area (Å²) in [4.78, 5) is -0.818. The van der Waals surface area contributed by atoms with Crippen LogP contribution in [-0.2, 0) is 31.1 Å². The minimum absolute atomic E-state index is 0.00332. The molecule has 6 nitrogen and oxygen atoms in total. The molecule has 0 aliphatic carbocycles. The molecule has 0 unspecified atom stereocenters. The van der Waals surface area contributed by atoms with E-state index in [0.29, 0.717) is 11.1 Å². The standard InChI is InChI=1S/C20H26O6S2/c1-19(2,3)13-7-9-15(17(11-13)27(21,22)23)16-10-8-14(20(4,5)6)12-18(16)28(24,25)26/h7-12H,1-6H3,(H,21,22,23)(H,24,25,26). The van der Waals surface area contributed by atoms with E-state index in [9.17, 15) is 25.9 Å². The first kappa shape index (κ1) is 22.5. The first-order valence-corrected chi connectivity index (χ1v) is 11.5. The molecule has 2 aromatic carbocycles. The Labute approximate surface area is 167 Å². The van der Waals surface area contributed by atoms with Gasteiger partial charge in [-0.25, -0.2) is 0 Å². The monoisotopic (exact) mass is 426 g/mol. The van der Waals surface area contributed by atoms with E-state index in [0.717, 1.165) is 0 Å². The van der Waals surface area contributed by atoms with Crippen LogP contribution in [0.5, 0.6) is 0 Å². The average Bonchev–Trinajstić information content (AvgIpc) is 2.50. The van der Waals surface area contributed by atoms with Crippen molar-refractivity contribution in [2.45, 2.75) is 62.2 Å². The maximum atomic E-state index is 12.0. The van der Waals surface area contributed by atoms with E-state index < -0.39 is 30.0 Å². The molecule has 8 heteroatoms. The summed E-state index contributed by atoms with van der Waals surface area (Å²) in [6.07, 6.45) is 0. The van der Waals surface area contributed by atoms with Crippen LogP contribution in [0.3, 0.4) is 0 Å². The zero-order chi connectivity index (χ0) is 21.7. The number of benzene rings is 2. The molecule has 0 bridgehead atoms. The van der Waals surface area contributed by atoms with E-state index in [4.69, 9.17) is 0 Å². The largest absolute Gasteiger partial charge is 0.295 e. The van der Waals surface area contributed by atoms with Crippen LogP contribution in [-0.4, -0.2) is 25.9 Å². The lowest BCUT2D eigenvalue weighted by Crippen LogP contribution is -2.14. The Balaban J connectivity index is 2.92. The minimum Gasteiger partial charge on any atom is -0.282 e. The van der Waals surface area contributed by atoms with Crippen molar-refractivity contribution in [1.82, 2.24) is 0 Å². The van der Waals surface area contributed by atoms with Gasteiger partial charge in [0.05, 0.1) is 0 Å². The van der Waals surface area contributed by atoms with E-state index >= 15 is 0 Å². The van der Waals surface area contributed by atoms with Crippen LogP contribution in [0.15, 0.2) is 46.2 Å². The van der Waals surface area contributed by atoms with Crippen LogP contribution in [0.2, 0.25) is 0 Å². The van der Waals surface area contributed by atoms with E-state index in [1.54, 1.807) is 12.1 Å². The van der Waals surface area contributed by atoms with Crippen LogP contribution in [0.4, 0.5) is 0 Å². The molecule has 0 fully saturated rings. The minimum atomic E-state index is -4.64. The van der Waals surface area contributed by atoms with Crippen molar-refractivity contribution in [1.29, 1.82) is 0 Å². The molecule has 0 saturated heterocycles. The maximum Gasteiger partial charge on any atom is 0.295 e. The summed E-state index contributed by atoms with van der Waals surface area (Å²) < 4.78 is 67.7. The summed E-state index contributed by atoms with van der Waals surface area (Å²) in [6.45, 7) is 11.3. The molecule has 0 heterocycles. The van der Waals surface area contributed by atoms with E-state index in [2.05, 4.69) is 0 Å². The molecule has 2 rings (SSSR count). The lowest BCUT2D eigenvalue weighted by atomic mass is 9.85. The van der Waals surface area contributed by atoms with E-state index in [1.807, 2.05) is 41.5 Å². The van der Waals surface area contributed by atoms with Crippen molar-refractivity contribution in [3.8, 4) is 11.1 Å². The normalized spacial score (nSPS) is 13.6. The fraction of sp³-hybridized carbons (Fsp3) is 0.400. The van der Waals surface area contributed by atoms with Crippen LogP contribution in [0.1, 0.15) is 52.7 Å². The molecule has 0 aliphatic heterocycles. The van der Waals surface area contributed by atoms with Crippen LogP contribution in [0, 0.1) is 0 Å². The third kappa shape index (κ3) is 4.81. The zero-order valence-electron chi connectivity index (χ0n) is 16.8. The highest BCUT2D eigenvalue weighted by atomic mass is 32.2. The first-order valence-electron chi connectivity index (χ1n) is 8.67. The van der Waals surface area contributed by atoms with Crippen molar-refractivity contribution >= 4 is 20.2 Å². The second kappa shape index (κ2) is 6.95. The summed E-state index contributed by atoms with van der Waals surface area (Å²) in [5, 5.41) is 0. The van der Waals surface area contributed by atoms with Gasteiger partial charge in [0.2, 0.25) is 0 Å². The highest BCUT2D eigenvalue weighted by Crippen LogP contribution is 2.37. The second-order valence-electron chi connectivity index (χ2n) is 8.87. The summed E-state index contributed by atoms with van der Waals surface area (Å²) in [6, 6.07) is 8.91. The Morgan fingerprint density at radius 1 is 0.607 bits per heavy atom. The molecule has 0 amide bonds. The molecule has 0 aromatic heterocycles. The number of rotatable bonds is 3. The van der Waals surface area contributed by atoms with E-state index in [-0.39, 0.29) is 22.0 Å². The van der Waals surface area contributed by atoms with Gasteiger partial charge in [-0.1, -0.05) is 65.8 Å². The maximum absolute atomic E-state index is 12.0. The van der Waals surface area contributed by atoms with Crippen LogP contribution in [0.25, 0.3) is 11.1 Å². The Morgan fingerprint density at radius 2 is 0.893 bits per heavy atom. The molecular formula is C20H26O6S2. The lowest BCUT2D eigenvalue weighted by molar-refractivity contribution is 0.479. The van der Waals surface area contributed by atoms with Crippen LogP contribution < -0.4 is 0 Å². The SMILES string of the molecule is CC(C)(C)c1ccc(-c2ccc(C(C)(C)C)cc2S(=O)(=O)O)c(S(=O)(=O)O)c1. The molecule has 0 radical (unpaired) electrons. The zero-order valence-corrected chi connectivity index (χ0v) is 18.4. The smallest absolute Gasteiger partial charge is 0.282 e. The molecule has 2 N–H and O–H groups in total. The van der Waals surface area contributed by atoms with Crippen LogP contribution >= 0.6 is 0 Å². The third-order valence-corrected chi connectivity index (χ3v) is 6.33. The number of hydrogen-bond donors (Lipinski definition) is 2. The quantitative estimate of drug-likeness (QED) is 0.702. The second-order valence-corrected chi connectivity index (χ2v) is 11.7. The van der Waals surface area contributed by atoms with Gasteiger partial charge in [0.25, 0.3) is 20.2 Å². The van der Waals surface area contributed by atoms with Gasteiger partial charge in [-0.2, -0.15) is 16.8 Å². The fourth-order valence-corrected chi connectivity index (χ4v) is 4.31. The molecule has 2 aromatic rings. The molecule has 28 heavy (non-hydrogen) atoms. The highest BCUT2D eigenvalue weighted by molar-refractivity contribution is 7.86.